The fourth-order valence-corrected chi connectivity index (χ4v) is 4.28. The van der Waals surface area contributed by atoms with Gasteiger partial charge in [0, 0.05) is 19.2 Å². The van der Waals surface area contributed by atoms with E-state index in [0.29, 0.717) is 41.1 Å². The average molecular weight is 437 g/mol. The third kappa shape index (κ3) is 3.73. The summed E-state index contributed by atoms with van der Waals surface area (Å²) in [5.74, 6) is 1.12. The van der Waals surface area contributed by atoms with Crippen LogP contribution < -0.4 is 14.9 Å². The topological polar surface area (TPSA) is 72.2 Å². The van der Waals surface area contributed by atoms with Crippen LogP contribution >= 0.6 is 0 Å². The monoisotopic (exact) mass is 436 g/mol. The van der Waals surface area contributed by atoms with Crippen LogP contribution in [-0.2, 0) is 0 Å². The minimum Gasteiger partial charge on any atom is -0.497 e. The van der Waals surface area contributed by atoms with Crippen LogP contribution in [0.15, 0.2) is 51.7 Å². The Kier molecular flexibility index (Phi) is 6.19. The minimum absolute atomic E-state index is 0.108. The second kappa shape index (κ2) is 9.04. The zero-order valence-corrected chi connectivity index (χ0v) is 18.9. The molecule has 1 aliphatic rings. The quantitative estimate of drug-likeness (QED) is 0.536. The number of benzene rings is 2. The number of likely N-dealkylation sites (N-methyl/N-ethyl adjacent to an activating group) is 1. The Hall–Kier alpha value is -3.32. The number of nitrogens with zero attached hydrogens (tertiary/aromatic N) is 2. The first-order valence-corrected chi connectivity index (χ1v) is 10.8. The molecular weight excluding hydrogens is 408 g/mol. The van der Waals surface area contributed by atoms with Crippen molar-refractivity contribution in [3.05, 3.63) is 69.6 Å². The number of carbonyl (C=O) groups is 1. The Morgan fingerprint density at radius 1 is 0.969 bits per heavy atom. The van der Waals surface area contributed by atoms with E-state index in [-0.39, 0.29) is 17.1 Å². The second-order valence-corrected chi connectivity index (χ2v) is 7.74. The number of hydrogen-bond acceptors (Lipinski definition) is 6. The smallest absolute Gasteiger partial charge is 0.290 e. The molecule has 32 heavy (non-hydrogen) atoms. The maximum absolute atomic E-state index is 13.6. The maximum Gasteiger partial charge on any atom is 0.290 e. The van der Waals surface area contributed by atoms with Crippen LogP contribution in [-0.4, -0.2) is 56.1 Å². The number of methoxy groups -OCH3 is 2. The van der Waals surface area contributed by atoms with E-state index in [9.17, 15) is 9.59 Å². The standard InChI is InChI=1S/C25H28N2O5/c1-5-26(6-2)13-14-27-22(16-7-9-17(30-3)10-8-16)21-23(28)19-12-11-18(31-4)15-20(19)32-24(21)25(27)29/h7-12,15,22H,5-6,13-14H2,1-4H3/t22-/m1/s1. The molecule has 0 spiro atoms. The van der Waals surface area contributed by atoms with Crippen LogP contribution in [0, 0.1) is 0 Å². The van der Waals surface area contributed by atoms with Crippen LogP contribution in [0.4, 0.5) is 0 Å². The molecule has 3 aromatic rings. The van der Waals surface area contributed by atoms with E-state index >= 15 is 0 Å². The van der Waals surface area contributed by atoms with E-state index in [1.807, 2.05) is 24.3 Å². The lowest BCUT2D eigenvalue weighted by molar-refractivity contribution is 0.0708. The Labute approximate surface area is 187 Å². The molecule has 0 N–H and O–H groups in total. The highest BCUT2D eigenvalue weighted by atomic mass is 16.5. The number of ether oxygens (including phenoxy) is 2. The lowest BCUT2D eigenvalue weighted by atomic mass is 9.98. The molecule has 0 unspecified atom stereocenters. The van der Waals surface area contributed by atoms with Gasteiger partial charge in [0.2, 0.25) is 5.76 Å². The van der Waals surface area contributed by atoms with Crippen molar-refractivity contribution in [1.29, 1.82) is 0 Å². The van der Waals surface area contributed by atoms with Gasteiger partial charge in [0.1, 0.15) is 17.1 Å². The average Bonchev–Trinajstić information content (AvgIpc) is 3.11. The molecule has 1 atom stereocenters. The van der Waals surface area contributed by atoms with Gasteiger partial charge in [0.15, 0.2) is 5.43 Å². The van der Waals surface area contributed by atoms with E-state index in [2.05, 4.69) is 18.7 Å². The Morgan fingerprint density at radius 2 is 1.62 bits per heavy atom. The highest BCUT2D eigenvalue weighted by molar-refractivity contribution is 5.99. The normalized spacial score (nSPS) is 15.5. The van der Waals surface area contributed by atoms with Gasteiger partial charge in [-0.1, -0.05) is 26.0 Å². The predicted molar refractivity (Wildman–Crippen MR) is 123 cm³/mol. The van der Waals surface area contributed by atoms with Crippen LogP contribution in [0.5, 0.6) is 11.5 Å². The molecule has 0 saturated carbocycles. The molecule has 7 nitrogen and oxygen atoms in total. The van der Waals surface area contributed by atoms with E-state index in [1.54, 1.807) is 37.3 Å². The summed E-state index contributed by atoms with van der Waals surface area (Å²) in [6.07, 6.45) is 0. The zero-order valence-electron chi connectivity index (χ0n) is 18.9. The number of fused-ring (bicyclic) bond motifs is 2. The Balaban J connectivity index is 1.86. The van der Waals surface area contributed by atoms with Crippen molar-refractivity contribution in [3.8, 4) is 11.5 Å². The summed E-state index contributed by atoms with van der Waals surface area (Å²) < 4.78 is 16.6. The van der Waals surface area contributed by atoms with Crippen molar-refractivity contribution < 1.29 is 18.7 Å². The van der Waals surface area contributed by atoms with Gasteiger partial charge < -0.3 is 23.7 Å². The van der Waals surface area contributed by atoms with Crippen molar-refractivity contribution in [3.63, 3.8) is 0 Å². The largest absolute Gasteiger partial charge is 0.497 e. The van der Waals surface area contributed by atoms with Crippen LogP contribution in [0.2, 0.25) is 0 Å². The van der Waals surface area contributed by atoms with Crippen LogP contribution in [0.3, 0.4) is 0 Å². The van der Waals surface area contributed by atoms with Crippen molar-refractivity contribution in [1.82, 2.24) is 9.80 Å². The van der Waals surface area contributed by atoms with Crippen molar-refractivity contribution in [2.24, 2.45) is 0 Å². The summed E-state index contributed by atoms with van der Waals surface area (Å²) in [6.45, 7) is 7.16. The Bertz CT molecular complexity index is 1180. The molecule has 1 aliphatic heterocycles. The molecular formula is C25H28N2O5. The summed E-state index contributed by atoms with van der Waals surface area (Å²) in [6, 6.07) is 12.0. The van der Waals surface area contributed by atoms with Gasteiger partial charge in [-0.05, 0) is 42.9 Å². The summed E-state index contributed by atoms with van der Waals surface area (Å²) in [5, 5.41) is 0.432. The third-order valence-electron chi connectivity index (χ3n) is 6.16. The maximum atomic E-state index is 13.6. The van der Waals surface area contributed by atoms with Crippen molar-refractivity contribution in [2.45, 2.75) is 19.9 Å². The number of hydrogen-bond donors (Lipinski definition) is 0. The lowest BCUT2D eigenvalue weighted by Crippen LogP contribution is -2.37. The van der Waals surface area contributed by atoms with Gasteiger partial charge in [0.05, 0.1) is 31.2 Å². The molecule has 2 heterocycles. The molecule has 0 bridgehead atoms. The third-order valence-corrected chi connectivity index (χ3v) is 6.16. The van der Waals surface area contributed by atoms with E-state index in [4.69, 9.17) is 13.9 Å². The van der Waals surface area contributed by atoms with Gasteiger partial charge in [-0.25, -0.2) is 0 Å². The number of rotatable bonds is 8. The van der Waals surface area contributed by atoms with Crippen LogP contribution in [0.25, 0.3) is 11.0 Å². The molecule has 2 aromatic carbocycles. The lowest BCUT2D eigenvalue weighted by Gasteiger charge is -2.28. The molecule has 0 fully saturated rings. The van der Waals surface area contributed by atoms with Gasteiger partial charge in [-0.15, -0.1) is 0 Å². The number of amides is 1. The van der Waals surface area contributed by atoms with E-state index in [1.165, 1.54) is 0 Å². The highest BCUT2D eigenvalue weighted by Gasteiger charge is 2.42. The van der Waals surface area contributed by atoms with Gasteiger partial charge in [-0.3, -0.25) is 9.59 Å². The SMILES string of the molecule is CCN(CC)CCN1C(=O)c2oc3cc(OC)ccc3c(=O)c2[C@H]1c1ccc(OC)cc1. The van der Waals surface area contributed by atoms with Gasteiger partial charge in [0.25, 0.3) is 5.91 Å². The Morgan fingerprint density at radius 3 is 2.25 bits per heavy atom. The zero-order chi connectivity index (χ0) is 22.8. The molecule has 168 valence electrons. The summed E-state index contributed by atoms with van der Waals surface area (Å²) in [5.41, 5.74) is 1.39. The summed E-state index contributed by atoms with van der Waals surface area (Å²) in [4.78, 5) is 31.0. The molecule has 0 aliphatic carbocycles. The van der Waals surface area contributed by atoms with Crippen molar-refractivity contribution >= 4 is 16.9 Å². The fraction of sp³-hybridized carbons (Fsp3) is 0.360. The molecule has 7 heteroatoms. The first-order chi connectivity index (χ1) is 15.5. The van der Waals surface area contributed by atoms with Crippen LogP contribution in [0.1, 0.15) is 41.6 Å². The molecule has 1 aromatic heterocycles. The molecule has 1 amide bonds. The minimum atomic E-state index is -0.512. The molecule has 0 radical (unpaired) electrons. The predicted octanol–water partition coefficient (Wildman–Crippen LogP) is 3.70. The highest BCUT2D eigenvalue weighted by Crippen LogP contribution is 2.38. The summed E-state index contributed by atoms with van der Waals surface area (Å²) >= 11 is 0. The first-order valence-electron chi connectivity index (χ1n) is 10.8. The molecule has 4 rings (SSSR count). The second-order valence-electron chi connectivity index (χ2n) is 7.74. The fourth-order valence-electron chi connectivity index (χ4n) is 4.28. The summed E-state index contributed by atoms with van der Waals surface area (Å²) in [7, 11) is 3.15. The number of carbonyl (C=O) groups excluding carboxylic acids is 1. The van der Waals surface area contributed by atoms with Gasteiger partial charge >= 0.3 is 0 Å². The first kappa shape index (κ1) is 21.9. The molecule has 0 saturated heterocycles. The van der Waals surface area contributed by atoms with Crippen molar-refractivity contribution in [2.75, 3.05) is 40.4 Å². The van der Waals surface area contributed by atoms with E-state index < -0.39 is 6.04 Å². The van der Waals surface area contributed by atoms with Gasteiger partial charge in [-0.2, -0.15) is 0 Å². The van der Waals surface area contributed by atoms with E-state index in [0.717, 1.165) is 18.7 Å².